The van der Waals surface area contributed by atoms with Gasteiger partial charge in [0, 0.05) is 44.2 Å². The molecule has 1 N–H and O–H groups in total. The molecule has 3 rings (SSSR count). The Balaban J connectivity index is 0.00000320. The van der Waals surface area contributed by atoms with Gasteiger partial charge in [0.2, 0.25) is 5.91 Å². The first-order valence-corrected chi connectivity index (χ1v) is 9.47. The first kappa shape index (κ1) is 23.2. The number of hydrogen-bond acceptors (Lipinski definition) is 4. The first-order valence-electron chi connectivity index (χ1n) is 9.47. The van der Waals surface area contributed by atoms with Gasteiger partial charge >= 0.3 is 6.03 Å². The Morgan fingerprint density at radius 2 is 1.70 bits per heavy atom. The molecule has 7 nitrogen and oxygen atoms in total. The number of hydrogen-bond donors (Lipinski definition) is 1. The number of nitrogens with one attached hydrogen (secondary N) is 1. The zero-order valence-corrected chi connectivity index (χ0v) is 16.4. The van der Waals surface area contributed by atoms with E-state index in [0.29, 0.717) is 25.2 Å². The van der Waals surface area contributed by atoms with Crippen LogP contribution in [-0.4, -0.2) is 57.9 Å². The molecule has 0 unspecified atom stereocenters. The SMILES string of the molecule is C.CCC(=O)N1CCC(N(C)C(=O)Nc2cnc(-c3cc(F)cc(F)c3)nc2)CC1. The normalized spacial score (nSPS) is 14.1. The molecule has 1 aliphatic heterocycles. The number of piperidine rings is 1. The molecule has 1 fully saturated rings. The Morgan fingerprint density at radius 1 is 1.13 bits per heavy atom. The molecule has 0 spiro atoms. The van der Waals surface area contributed by atoms with E-state index in [4.69, 9.17) is 0 Å². The summed E-state index contributed by atoms with van der Waals surface area (Å²) in [7, 11) is 1.71. The molecule has 162 valence electrons. The van der Waals surface area contributed by atoms with Gasteiger partial charge in [-0.1, -0.05) is 14.4 Å². The van der Waals surface area contributed by atoms with Crippen molar-refractivity contribution < 1.29 is 18.4 Å². The molecule has 2 aromatic rings. The van der Waals surface area contributed by atoms with Crippen molar-refractivity contribution in [1.82, 2.24) is 19.8 Å². The summed E-state index contributed by atoms with van der Waals surface area (Å²) in [5, 5.41) is 2.72. The third-order valence-electron chi connectivity index (χ3n) is 5.01. The molecule has 1 aromatic heterocycles. The highest BCUT2D eigenvalue weighted by Crippen LogP contribution is 2.20. The number of carbonyl (C=O) groups is 2. The Morgan fingerprint density at radius 3 is 2.23 bits per heavy atom. The minimum absolute atomic E-state index is 0. The number of carbonyl (C=O) groups excluding carboxylic acids is 2. The van der Waals surface area contributed by atoms with Gasteiger partial charge in [0.1, 0.15) is 11.6 Å². The predicted octanol–water partition coefficient (Wildman–Crippen LogP) is 3.92. The number of halogens is 2. The van der Waals surface area contributed by atoms with Crippen LogP contribution < -0.4 is 5.32 Å². The zero-order chi connectivity index (χ0) is 21.0. The summed E-state index contributed by atoms with van der Waals surface area (Å²) >= 11 is 0. The molecule has 9 heteroatoms. The van der Waals surface area contributed by atoms with E-state index >= 15 is 0 Å². The number of anilines is 1. The number of rotatable bonds is 4. The lowest BCUT2D eigenvalue weighted by molar-refractivity contribution is -0.132. The van der Waals surface area contributed by atoms with E-state index in [1.807, 2.05) is 11.8 Å². The monoisotopic (exact) mass is 419 g/mol. The third-order valence-corrected chi connectivity index (χ3v) is 5.01. The fraction of sp³-hybridized carbons (Fsp3) is 0.429. The molecule has 0 aliphatic carbocycles. The second kappa shape index (κ2) is 10.1. The Bertz CT molecular complexity index is 863. The maximum absolute atomic E-state index is 13.3. The number of amides is 3. The lowest BCUT2D eigenvalue weighted by Crippen LogP contribution is -2.48. The van der Waals surface area contributed by atoms with Crippen LogP contribution in [0.15, 0.2) is 30.6 Å². The van der Waals surface area contributed by atoms with Gasteiger partial charge in [0.25, 0.3) is 0 Å². The third kappa shape index (κ3) is 5.49. The molecule has 30 heavy (non-hydrogen) atoms. The number of urea groups is 1. The summed E-state index contributed by atoms with van der Waals surface area (Å²) < 4.78 is 26.7. The van der Waals surface area contributed by atoms with Gasteiger partial charge in [-0.3, -0.25) is 4.79 Å². The largest absolute Gasteiger partial charge is 0.343 e. The second-order valence-corrected chi connectivity index (χ2v) is 6.96. The summed E-state index contributed by atoms with van der Waals surface area (Å²) in [6, 6.07) is 2.78. The van der Waals surface area contributed by atoms with Gasteiger partial charge in [0.05, 0.1) is 18.1 Å². The minimum Gasteiger partial charge on any atom is -0.343 e. The van der Waals surface area contributed by atoms with E-state index in [0.717, 1.165) is 31.0 Å². The highest BCUT2D eigenvalue weighted by Gasteiger charge is 2.27. The van der Waals surface area contributed by atoms with Crippen molar-refractivity contribution in [2.45, 2.75) is 39.7 Å². The average Bonchev–Trinajstić information content (AvgIpc) is 2.72. The smallest absolute Gasteiger partial charge is 0.321 e. The highest BCUT2D eigenvalue weighted by atomic mass is 19.1. The fourth-order valence-corrected chi connectivity index (χ4v) is 3.33. The van der Waals surface area contributed by atoms with E-state index in [1.54, 1.807) is 11.9 Å². The number of aromatic nitrogens is 2. The van der Waals surface area contributed by atoms with Gasteiger partial charge < -0.3 is 15.1 Å². The summed E-state index contributed by atoms with van der Waals surface area (Å²) in [6.45, 7) is 3.11. The quantitative estimate of drug-likeness (QED) is 0.815. The maximum atomic E-state index is 13.3. The van der Waals surface area contributed by atoms with Crippen molar-refractivity contribution in [2.75, 3.05) is 25.5 Å². The molecule has 1 saturated heterocycles. The topological polar surface area (TPSA) is 78.4 Å². The zero-order valence-electron chi connectivity index (χ0n) is 16.4. The molecule has 0 bridgehead atoms. The van der Waals surface area contributed by atoms with E-state index < -0.39 is 11.6 Å². The van der Waals surface area contributed by atoms with Crippen LogP contribution in [0, 0.1) is 11.6 Å². The van der Waals surface area contributed by atoms with Gasteiger partial charge in [-0.25, -0.2) is 23.5 Å². The molecule has 1 aromatic carbocycles. The lowest BCUT2D eigenvalue weighted by Gasteiger charge is -2.36. The number of benzene rings is 1. The summed E-state index contributed by atoms with van der Waals surface area (Å²) in [5.41, 5.74) is 0.590. The average molecular weight is 419 g/mol. The molecule has 3 amide bonds. The summed E-state index contributed by atoms with van der Waals surface area (Å²) in [6.07, 6.45) is 4.70. The molecular weight excluding hydrogens is 392 g/mol. The van der Waals surface area contributed by atoms with Crippen LogP contribution in [-0.2, 0) is 4.79 Å². The molecular formula is C21H27F2N5O2. The van der Waals surface area contributed by atoms with E-state index in [9.17, 15) is 18.4 Å². The Hall–Kier alpha value is -3.10. The Labute approximate surface area is 175 Å². The van der Waals surface area contributed by atoms with Crippen LogP contribution in [0.5, 0.6) is 0 Å². The van der Waals surface area contributed by atoms with Gasteiger partial charge in [0.15, 0.2) is 5.82 Å². The van der Waals surface area contributed by atoms with Crippen molar-refractivity contribution >= 4 is 17.6 Å². The van der Waals surface area contributed by atoms with Crippen LogP contribution in [0.2, 0.25) is 0 Å². The standard InChI is InChI=1S/C20H23F2N5O2.CH4/c1-3-18(28)27-6-4-17(5-7-27)26(2)20(29)25-16-11-23-19(24-12-16)13-8-14(21)10-15(22)9-13;/h8-12,17H,3-7H2,1-2H3,(H,25,29);1H4. The van der Waals surface area contributed by atoms with Crippen LogP contribution in [0.3, 0.4) is 0 Å². The van der Waals surface area contributed by atoms with E-state index in [2.05, 4.69) is 15.3 Å². The van der Waals surface area contributed by atoms with Crippen LogP contribution in [0.25, 0.3) is 11.4 Å². The maximum Gasteiger partial charge on any atom is 0.321 e. The fourth-order valence-electron chi connectivity index (χ4n) is 3.33. The Kier molecular flexibility index (Phi) is 7.79. The summed E-state index contributed by atoms with van der Waals surface area (Å²) in [4.78, 5) is 35.9. The van der Waals surface area contributed by atoms with Crippen LogP contribution in [0.4, 0.5) is 19.3 Å². The highest BCUT2D eigenvalue weighted by molar-refractivity contribution is 5.89. The summed E-state index contributed by atoms with van der Waals surface area (Å²) in [5.74, 6) is -1.14. The van der Waals surface area contributed by atoms with Gasteiger partial charge in [-0.05, 0) is 25.0 Å². The molecule has 0 saturated carbocycles. The van der Waals surface area contributed by atoms with Gasteiger partial charge in [-0.2, -0.15) is 0 Å². The number of nitrogens with zero attached hydrogens (tertiary/aromatic N) is 4. The van der Waals surface area contributed by atoms with Crippen LogP contribution >= 0.6 is 0 Å². The van der Waals surface area contributed by atoms with Crippen molar-refractivity contribution in [1.29, 1.82) is 0 Å². The lowest BCUT2D eigenvalue weighted by atomic mass is 10.0. The predicted molar refractivity (Wildman–Crippen MR) is 111 cm³/mol. The minimum atomic E-state index is -0.714. The van der Waals surface area contributed by atoms with E-state index in [1.165, 1.54) is 12.4 Å². The second-order valence-electron chi connectivity index (χ2n) is 6.96. The van der Waals surface area contributed by atoms with Crippen molar-refractivity contribution in [2.24, 2.45) is 0 Å². The van der Waals surface area contributed by atoms with Gasteiger partial charge in [-0.15, -0.1) is 0 Å². The molecule has 2 heterocycles. The molecule has 0 radical (unpaired) electrons. The van der Waals surface area contributed by atoms with Crippen molar-refractivity contribution in [3.63, 3.8) is 0 Å². The molecule has 0 atom stereocenters. The number of likely N-dealkylation sites (tertiary alicyclic amines) is 1. The van der Waals surface area contributed by atoms with Crippen molar-refractivity contribution in [3.05, 3.63) is 42.2 Å². The van der Waals surface area contributed by atoms with Crippen LogP contribution in [0.1, 0.15) is 33.6 Å². The van der Waals surface area contributed by atoms with E-state index in [-0.39, 0.29) is 36.8 Å². The first-order chi connectivity index (χ1) is 13.9. The van der Waals surface area contributed by atoms with Crippen molar-refractivity contribution in [3.8, 4) is 11.4 Å². The molecule has 1 aliphatic rings.